The number of benzene rings is 2. The van der Waals surface area contributed by atoms with E-state index in [2.05, 4.69) is 0 Å². The fourth-order valence-corrected chi connectivity index (χ4v) is 3.81. The Hall–Kier alpha value is -3.29. The van der Waals surface area contributed by atoms with Crippen molar-refractivity contribution in [1.82, 2.24) is 0 Å². The topological polar surface area (TPSA) is 207 Å². The maximum absolute atomic E-state index is 11.3. The van der Waals surface area contributed by atoms with Crippen molar-refractivity contribution in [2.75, 3.05) is 0 Å². The second-order valence-corrected chi connectivity index (χ2v) is 7.83. The second kappa shape index (κ2) is 8.57. The van der Waals surface area contributed by atoms with Gasteiger partial charge in [0.1, 0.15) is 41.7 Å². The van der Waals surface area contributed by atoms with Gasteiger partial charge in [0.2, 0.25) is 6.29 Å². The Morgan fingerprint density at radius 2 is 1.64 bits per heavy atom. The lowest BCUT2D eigenvalue weighted by molar-refractivity contribution is -0.271. The molecule has 1 saturated heterocycles. The summed E-state index contributed by atoms with van der Waals surface area (Å²) in [6.07, 6.45) is -11.2. The van der Waals surface area contributed by atoms with E-state index in [0.29, 0.717) is 5.56 Å². The van der Waals surface area contributed by atoms with Crippen molar-refractivity contribution >= 4 is 5.97 Å². The molecule has 2 aliphatic rings. The average molecular weight is 466 g/mol. The van der Waals surface area contributed by atoms with Crippen molar-refractivity contribution in [3.8, 4) is 28.7 Å². The predicted octanol–water partition coefficient (Wildman–Crippen LogP) is -0.889. The van der Waals surface area contributed by atoms with Gasteiger partial charge in [0.15, 0.2) is 17.6 Å². The number of rotatable bonds is 4. The molecule has 8 N–H and O–H groups in total. The number of carboxylic acids is 1. The molecule has 0 radical (unpaired) electrons. The van der Waals surface area contributed by atoms with Crippen molar-refractivity contribution in [2.24, 2.45) is 0 Å². The van der Waals surface area contributed by atoms with E-state index in [1.54, 1.807) is 0 Å². The highest BCUT2D eigenvalue weighted by atomic mass is 16.7. The quantitative estimate of drug-likeness (QED) is 0.258. The van der Waals surface area contributed by atoms with E-state index in [1.807, 2.05) is 0 Å². The van der Waals surface area contributed by atoms with E-state index in [4.69, 9.17) is 19.3 Å². The lowest BCUT2D eigenvalue weighted by Crippen LogP contribution is -2.61. The van der Waals surface area contributed by atoms with Gasteiger partial charge in [0.05, 0.1) is 6.10 Å². The number of phenolic OH excluding ortho intramolecular Hbond substituents is 3. The van der Waals surface area contributed by atoms with E-state index in [1.165, 1.54) is 24.3 Å². The summed E-state index contributed by atoms with van der Waals surface area (Å²) in [5.41, 5.74) is 0.597. The van der Waals surface area contributed by atoms with Crippen LogP contribution in [-0.4, -0.2) is 83.6 Å². The molecule has 4 rings (SSSR count). The maximum Gasteiger partial charge on any atom is 0.335 e. The Morgan fingerprint density at radius 1 is 0.909 bits per heavy atom. The van der Waals surface area contributed by atoms with Crippen molar-refractivity contribution in [2.45, 2.75) is 49.3 Å². The molecule has 0 saturated carbocycles. The zero-order valence-corrected chi connectivity index (χ0v) is 16.8. The third kappa shape index (κ3) is 4.21. The Kier molecular flexibility index (Phi) is 5.95. The maximum atomic E-state index is 11.3. The number of aromatic hydroxyl groups is 3. The number of carbonyl (C=O) groups is 1. The number of aliphatic hydroxyl groups is 4. The van der Waals surface area contributed by atoms with Crippen LogP contribution in [0.4, 0.5) is 0 Å². The summed E-state index contributed by atoms with van der Waals surface area (Å²) < 4.78 is 16.3. The molecule has 2 heterocycles. The number of aliphatic carboxylic acids is 1. The van der Waals surface area contributed by atoms with Crippen LogP contribution in [0.15, 0.2) is 30.3 Å². The minimum atomic E-state index is -1.89. The Morgan fingerprint density at radius 3 is 2.30 bits per heavy atom. The molecule has 2 aliphatic heterocycles. The van der Waals surface area contributed by atoms with Crippen LogP contribution < -0.4 is 9.47 Å². The van der Waals surface area contributed by atoms with Crippen LogP contribution in [-0.2, 0) is 16.0 Å². The van der Waals surface area contributed by atoms with Gasteiger partial charge in [-0.3, -0.25) is 0 Å². The molecule has 0 aromatic heterocycles. The first kappa shape index (κ1) is 22.9. The van der Waals surface area contributed by atoms with Crippen molar-refractivity contribution in [3.63, 3.8) is 0 Å². The molecule has 12 heteroatoms. The number of hydrogen-bond acceptors (Lipinski definition) is 11. The van der Waals surface area contributed by atoms with Crippen molar-refractivity contribution in [3.05, 3.63) is 41.5 Å². The smallest absolute Gasteiger partial charge is 0.335 e. The first-order valence-corrected chi connectivity index (χ1v) is 9.88. The molecule has 0 bridgehead atoms. The minimum Gasteiger partial charge on any atom is -0.507 e. The fraction of sp³-hybridized carbons (Fsp3) is 0.381. The zero-order chi connectivity index (χ0) is 24.0. The molecule has 2 aromatic rings. The Labute approximate surface area is 186 Å². The fourth-order valence-electron chi connectivity index (χ4n) is 3.81. The van der Waals surface area contributed by atoms with Gasteiger partial charge in [-0.05, 0) is 17.7 Å². The largest absolute Gasteiger partial charge is 0.507 e. The molecule has 0 aliphatic carbocycles. The predicted molar refractivity (Wildman–Crippen MR) is 106 cm³/mol. The molecule has 2 aromatic carbocycles. The Bertz CT molecular complexity index is 1060. The van der Waals surface area contributed by atoms with Gasteiger partial charge in [0, 0.05) is 24.1 Å². The second-order valence-electron chi connectivity index (χ2n) is 7.83. The van der Waals surface area contributed by atoms with Crippen molar-refractivity contribution in [1.29, 1.82) is 0 Å². The van der Waals surface area contributed by atoms with E-state index >= 15 is 0 Å². The molecular weight excluding hydrogens is 444 g/mol. The summed E-state index contributed by atoms with van der Waals surface area (Å²) in [5, 5.41) is 79.1. The van der Waals surface area contributed by atoms with Crippen LogP contribution in [0.25, 0.3) is 0 Å². The molecular formula is C21H22O12. The van der Waals surface area contributed by atoms with Crippen molar-refractivity contribution < 1.29 is 59.9 Å². The summed E-state index contributed by atoms with van der Waals surface area (Å²) in [6.45, 7) is 0. The van der Waals surface area contributed by atoms with E-state index < -0.39 is 54.6 Å². The number of aliphatic hydroxyl groups excluding tert-OH is 4. The molecule has 12 nitrogen and oxygen atoms in total. The first-order valence-electron chi connectivity index (χ1n) is 9.88. The molecule has 33 heavy (non-hydrogen) atoms. The minimum absolute atomic E-state index is 0.0255. The standard InChI is InChI=1S/C21H22O12/c22-10-2-1-7(3-12(10)24)18-13(25)6-9-11(23)4-8(5-14(9)32-18)31-21-17(28)15(26)16(27)19(33-21)20(29)30/h1-5,13,15-19,21-28H,6H2,(H,29,30)/t13-,15-,16-,17+,18+,19-,21+/m0/s1. The van der Waals surface area contributed by atoms with Gasteiger partial charge < -0.3 is 55.1 Å². The lowest BCUT2D eigenvalue weighted by atomic mass is 9.94. The van der Waals surface area contributed by atoms with Crippen LogP contribution in [0.5, 0.6) is 28.7 Å². The molecule has 0 unspecified atom stereocenters. The monoisotopic (exact) mass is 466 g/mol. The van der Waals surface area contributed by atoms with E-state index in [-0.39, 0.29) is 35.0 Å². The molecule has 0 spiro atoms. The van der Waals surface area contributed by atoms with Gasteiger partial charge in [-0.1, -0.05) is 6.07 Å². The number of fused-ring (bicyclic) bond motifs is 1. The first-order chi connectivity index (χ1) is 15.6. The van der Waals surface area contributed by atoms with Crippen LogP contribution in [0, 0.1) is 0 Å². The van der Waals surface area contributed by atoms with Gasteiger partial charge in [-0.25, -0.2) is 4.79 Å². The highest BCUT2D eigenvalue weighted by molar-refractivity contribution is 5.73. The summed E-state index contributed by atoms with van der Waals surface area (Å²) >= 11 is 0. The molecule has 1 fully saturated rings. The highest BCUT2D eigenvalue weighted by Gasteiger charge is 2.48. The zero-order valence-electron chi connectivity index (χ0n) is 16.8. The third-order valence-electron chi connectivity index (χ3n) is 5.57. The highest BCUT2D eigenvalue weighted by Crippen LogP contribution is 2.43. The summed E-state index contributed by atoms with van der Waals surface area (Å²) in [6, 6.07) is 6.33. The summed E-state index contributed by atoms with van der Waals surface area (Å²) in [4.78, 5) is 11.3. The SMILES string of the molecule is O=C(O)[C@H]1O[C@@H](Oc2cc(O)c3c(c2)O[C@H](c2ccc(O)c(O)c2)[C@@H](O)C3)[C@H](O)[C@@H](O)[C@@H]1O. The molecule has 7 atom stereocenters. The average Bonchev–Trinajstić information content (AvgIpc) is 2.76. The number of ether oxygens (including phenoxy) is 3. The normalized spacial score (nSPS) is 31.3. The van der Waals surface area contributed by atoms with Gasteiger partial charge >= 0.3 is 5.97 Å². The van der Waals surface area contributed by atoms with Crippen LogP contribution in [0.3, 0.4) is 0 Å². The third-order valence-corrected chi connectivity index (χ3v) is 5.57. The van der Waals surface area contributed by atoms with Crippen LogP contribution in [0.1, 0.15) is 17.2 Å². The van der Waals surface area contributed by atoms with Gasteiger partial charge in [-0.15, -0.1) is 0 Å². The Balaban J connectivity index is 1.60. The number of phenols is 3. The lowest BCUT2D eigenvalue weighted by Gasteiger charge is -2.38. The number of carboxylic acid groups (broad SMARTS) is 1. The van der Waals surface area contributed by atoms with Crippen LogP contribution in [0.2, 0.25) is 0 Å². The summed E-state index contributed by atoms with van der Waals surface area (Å²) in [5.74, 6) is -2.69. The van der Waals surface area contributed by atoms with Gasteiger partial charge in [-0.2, -0.15) is 0 Å². The van der Waals surface area contributed by atoms with E-state index in [9.17, 15) is 40.5 Å². The van der Waals surface area contributed by atoms with Gasteiger partial charge in [0.25, 0.3) is 0 Å². The molecule has 178 valence electrons. The van der Waals surface area contributed by atoms with E-state index in [0.717, 1.165) is 6.07 Å². The summed E-state index contributed by atoms with van der Waals surface area (Å²) in [7, 11) is 0. The number of hydrogen-bond donors (Lipinski definition) is 8. The molecule has 0 amide bonds. The van der Waals surface area contributed by atoms with Crippen LogP contribution >= 0.6 is 0 Å².